The number of hydrogen-bond donors (Lipinski definition) is 3. The van der Waals surface area contributed by atoms with Crippen LogP contribution in [0.25, 0.3) is 22.2 Å². The van der Waals surface area contributed by atoms with Crippen LogP contribution in [-0.2, 0) is 5.60 Å². The molecule has 0 unspecified atom stereocenters. The Bertz CT molecular complexity index is 1460. The number of rotatable bonds is 6. The molecule has 7 nitrogen and oxygen atoms in total. The van der Waals surface area contributed by atoms with Crippen molar-refractivity contribution in [1.82, 2.24) is 10.3 Å². The molecule has 2 aromatic heterocycles. The molecule has 0 aliphatic rings. The van der Waals surface area contributed by atoms with E-state index in [9.17, 15) is 19.5 Å². The van der Waals surface area contributed by atoms with Crippen LogP contribution < -0.4 is 14.8 Å². The molecule has 8 heteroatoms. The highest BCUT2D eigenvalue weighted by Gasteiger charge is 2.25. The minimum absolute atomic E-state index is 0.236. The summed E-state index contributed by atoms with van der Waals surface area (Å²) in [5.41, 5.74) is 2.95. The summed E-state index contributed by atoms with van der Waals surface area (Å²) in [6, 6.07) is 11.5. The van der Waals surface area contributed by atoms with Gasteiger partial charge in [0.1, 0.15) is 23.0 Å². The summed E-state index contributed by atoms with van der Waals surface area (Å²) in [5.74, 6) is 0.316. The summed E-state index contributed by atoms with van der Waals surface area (Å²) in [5, 5.41) is 26.9. The second-order valence-corrected chi connectivity index (χ2v) is 9.54. The van der Waals surface area contributed by atoms with Gasteiger partial charge in [-0.1, -0.05) is 6.07 Å². The molecule has 0 radical (unpaired) electrons. The van der Waals surface area contributed by atoms with E-state index >= 15 is 0 Å². The lowest BCUT2D eigenvalue weighted by atomic mass is 9.92. The van der Waals surface area contributed by atoms with Crippen LogP contribution in [0.3, 0.4) is 0 Å². The number of halogens is 1. The Balaban J connectivity index is 1.99. The van der Waals surface area contributed by atoms with E-state index in [1.54, 1.807) is 58.9 Å². The molecular formula is C28H30FN3O4. The van der Waals surface area contributed by atoms with Crippen LogP contribution in [0.1, 0.15) is 53.6 Å². The second kappa shape index (κ2) is 9.28. The maximum Gasteiger partial charge on any atom is 0.291 e. The first-order chi connectivity index (χ1) is 16.9. The summed E-state index contributed by atoms with van der Waals surface area (Å²) in [4.78, 5) is 15.5. The van der Waals surface area contributed by atoms with Gasteiger partial charge in [-0.3, -0.25) is 4.79 Å². The van der Waals surface area contributed by atoms with Crippen LogP contribution in [0.5, 0.6) is 11.5 Å². The van der Waals surface area contributed by atoms with E-state index in [2.05, 4.69) is 10.3 Å². The van der Waals surface area contributed by atoms with Gasteiger partial charge in [-0.05, 0) is 88.6 Å². The minimum Gasteiger partial charge on any atom is -0.710 e. The van der Waals surface area contributed by atoms with Crippen LogP contribution in [-0.4, -0.2) is 22.5 Å². The number of ether oxygens (including phenoxy) is 1. The van der Waals surface area contributed by atoms with Gasteiger partial charge in [-0.25, -0.2) is 14.1 Å². The quantitative estimate of drug-likeness (QED) is 0.252. The van der Waals surface area contributed by atoms with Gasteiger partial charge < -0.3 is 20.4 Å². The van der Waals surface area contributed by atoms with Crippen molar-refractivity contribution in [2.75, 3.05) is 6.54 Å². The standard InChI is InChI=1S/C28H30FN3O4/c1-7-30-27(33)23-14-22-20(12-17(4)32(35)26(22)31-23)21-13-18(28(5,6)34)8-9-24(21)36-25-15(2)10-19(29)11-16(25)3/h8-14,31,34H,7H2,1-6H3,(H,30,33). The van der Waals surface area contributed by atoms with Crippen molar-refractivity contribution in [3.8, 4) is 22.6 Å². The van der Waals surface area contributed by atoms with Gasteiger partial charge in [0.05, 0.1) is 11.0 Å². The van der Waals surface area contributed by atoms with E-state index in [1.807, 2.05) is 13.0 Å². The van der Waals surface area contributed by atoms with Crippen molar-refractivity contribution in [3.05, 3.63) is 81.6 Å². The molecule has 0 aliphatic heterocycles. The maximum atomic E-state index is 13.9. The van der Waals surface area contributed by atoms with E-state index in [-0.39, 0.29) is 23.1 Å². The number of carbonyl (C=O) groups is 1. The number of nitrogens with one attached hydrogen (secondary N) is 2. The summed E-state index contributed by atoms with van der Waals surface area (Å²) >= 11 is 0. The third-order valence-electron chi connectivity index (χ3n) is 6.16. The molecule has 0 aliphatic carbocycles. The van der Waals surface area contributed by atoms with Crippen LogP contribution in [0.15, 0.2) is 42.5 Å². The summed E-state index contributed by atoms with van der Waals surface area (Å²) in [6.45, 7) is 10.8. The first-order valence-electron chi connectivity index (χ1n) is 11.8. The van der Waals surface area contributed by atoms with E-state index in [4.69, 9.17) is 4.74 Å². The van der Waals surface area contributed by atoms with Crippen LogP contribution in [0.4, 0.5) is 4.39 Å². The number of H-pyrrole nitrogens is 1. The summed E-state index contributed by atoms with van der Waals surface area (Å²) in [7, 11) is 0. The summed E-state index contributed by atoms with van der Waals surface area (Å²) in [6.07, 6.45) is 0. The Kier molecular flexibility index (Phi) is 6.49. The van der Waals surface area contributed by atoms with Crippen LogP contribution >= 0.6 is 0 Å². The Morgan fingerprint density at radius 3 is 2.39 bits per heavy atom. The Labute approximate surface area is 209 Å². The molecule has 0 atom stereocenters. The number of aryl methyl sites for hydroxylation is 3. The number of aromatic amines is 1. The van der Waals surface area contributed by atoms with Gasteiger partial charge in [0, 0.05) is 23.7 Å². The monoisotopic (exact) mass is 491 g/mol. The normalized spacial score (nSPS) is 11.7. The zero-order valence-electron chi connectivity index (χ0n) is 21.2. The lowest BCUT2D eigenvalue weighted by Gasteiger charge is -2.22. The number of pyridine rings is 1. The predicted molar refractivity (Wildman–Crippen MR) is 137 cm³/mol. The molecule has 4 rings (SSSR count). The molecule has 2 heterocycles. The van der Waals surface area contributed by atoms with Crippen molar-refractivity contribution >= 4 is 16.9 Å². The fourth-order valence-electron chi connectivity index (χ4n) is 4.31. The number of carbonyl (C=O) groups excluding carboxylic acids is 1. The smallest absolute Gasteiger partial charge is 0.291 e. The molecule has 4 aromatic rings. The van der Waals surface area contributed by atoms with Gasteiger partial charge in [0.2, 0.25) is 0 Å². The van der Waals surface area contributed by atoms with Crippen molar-refractivity contribution in [1.29, 1.82) is 0 Å². The largest absolute Gasteiger partial charge is 0.710 e. The number of benzene rings is 2. The van der Waals surface area contributed by atoms with Gasteiger partial charge in [0.25, 0.3) is 11.6 Å². The lowest BCUT2D eigenvalue weighted by Crippen LogP contribution is -2.31. The van der Waals surface area contributed by atoms with Crippen molar-refractivity contribution in [2.24, 2.45) is 0 Å². The second-order valence-electron chi connectivity index (χ2n) is 9.54. The molecule has 0 bridgehead atoms. The molecule has 36 heavy (non-hydrogen) atoms. The molecule has 0 saturated heterocycles. The topological polar surface area (TPSA) is 101 Å². The summed E-state index contributed by atoms with van der Waals surface area (Å²) < 4.78 is 21.0. The molecule has 188 valence electrons. The first-order valence-corrected chi connectivity index (χ1v) is 11.8. The number of amides is 1. The number of aliphatic hydroxyl groups is 1. The zero-order chi connectivity index (χ0) is 26.4. The highest BCUT2D eigenvalue weighted by atomic mass is 19.1. The number of aromatic nitrogens is 2. The van der Waals surface area contributed by atoms with Gasteiger partial charge in [-0.15, -0.1) is 0 Å². The Hall–Kier alpha value is -3.91. The highest BCUT2D eigenvalue weighted by Crippen LogP contribution is 2.41. The van der Waals surface area contributed by atoms with E-state index in [0.717, 1.165) is 4.73 Å². The molecular weight excluding hydrogens is 461 g/mol. The number of fused-ring (bicyclic) bond motifs is 1. The molecule has 3 N–H and O–H groups in total. The average molecular weight is 492 g/mol. The third-order valence-corrected chi connectivity index (χ3v) is 6.16. The number of nitrogens with zero attached hydrogens (tertiary/aromatic N) is 1. The van der Waals surface area contributed by atoms with Crippen LogP contribution in [0, 0.1) is 31.8 Å². The molecule has 0 fully saturated rings. The van der Waals surface area contributed by atoms with Gasteiger partial charge >= 0.3 is 0 Å². The Morgan fingerprint density at radius 2 is 1.78 bits per heavy atom. The van der Waals surface area contributed by atoms with Crippen LogP contribution in [0.2, 0.25) is 0 Å². The van der Waals surface area contributed by atoms with Gasteiger partial charge in [-0.2, -0.15) is 0 Å². The molecule has 0 saturated carbocycles. The third kappa shape index (κ3) is 4.64. The minimum atomic E-state index is -1.14. The predicted octanol–water partition coefficient (Wildman–Crippen LogP) is 5.30. The molecule has 2 aromatic carbocycles. The Morgan fingerprint density at radius 1 is 1.11 bits per heavy atom. The molecule has 1 amide bonds. The number of hydrogen-bond acceptors (Lipinski definition) is 4. The van der Waals surface area contributed by atoms with Gasteiger partial charge in [0.15, 0.2) is 5.69 Å². The maximum absolute atomic E-state index is 13.9. The lowest BCUT2D eigenvalue weighted by molar-refractivity contribution is -0.586. The SMILES string of the molecule is CCNC(=O)c1cc2c(-c3cc(C(C)(C)O)ccc3Oc3c(C)cc(F)cc3C)cc(C)[n+]([O-])c2[nH]1. The van der Waals surface area contributed by atoms with Crippen molar-refractivity contribution in [2.45, 2.75) is 47.1 Å². The first kappa shape index (κ1) is 25.2. The van der Waals surface area contributed by atoms with E-state index in [0.29, 0.717) is 56.9 Å². The van der Waals surface area contributed by atoms with E-state index < -0.39 is 5.60 Å². The van der Waals surface area contributed by atoms with Crippen molar-refractivity contribution in [3.63, 3.8) is 0 Å². The zero-order valence-corrected chi connectivity index (χ0v) is 21.2. The fourth-order valence-corrected chi connectivity index (χ4v) is 4.31. The average Bonchev–Trinajstić information content (AvgIpc) is 3.24. The highest BCUT2D eigenvalue weighted by molar-refractivity contribution is 6.01. The fraction of sp³-hybridized carbons (Fsp3) is 0.286. The molecule has 0 spiro atoms. The van der Waals surface area contributed by atoms with E-state index in [1.165, 1.54) is 12.1 Å². The van der Waals surface area contributed by atoms with Crippen molar-refractivity contribution < 1.29 is 23.8 Å².